The average Bonchev–Trinajstić information content (AvgIpc) is 0.918. The molecule has 0 heterocycles. The SMILES string of the molecule is CCC.[Na].[S]. The number of rotatable bonds is 0. The van der Waals surface area contributed by atoms with Gasteiger partial charge in [-0.15, -0.1) is 0 Å². The van der Waals surface area contributed by atoms with E-state index < -0.39 is 0 Å². The van der Waals surface area contributed by atoms with Crippen LogP contribution >= 0.6 is 13.5 Å². The van der Waals surface area contributed by atoms with Gasteiger partial charge in [0.2, 0.25) is 0 Å². The van der Waals surface area contributed by atoms with E-state index >= 15 is 0 Å². The summed E-state index contributed by atoms with van der Waals surface area (Å²) < 4.78 is 0. The Morgan fingerprint density at radius 3 is 1.20 bits per heavy atom. The minimum absolute atomic E-state index is 0. The van der Waals surface area contributed by atoms with Crippen molar-refractivity contribution in [2.24, 2.45) is 0 Å². The first-order valence-electron chi connectivity index (χ1n) is 1.41. The minimum Gasteiger partial charge on any atom is -0.0656 e. The van der Waals surface area contributed by atoms with Crippen molar-refractivity contribution >= 4 is 43.1 Å². The molecular formula is C3H8NaS. The van der Waals surface area contributed by atoms with Crippen molar-refractivity contribution in [3.05, 3.63) is 0 Å². The molecule has 0 rings (SSSR count). The molecule has 0 aromatic carbocycles. The molecule has 0 aliphatic carbocycles. The molecule has 0 aliphatic rings. The molecule has 0 spiro atoms. The van der Waals surface area contributed by atoms with Crippen molar-refractivity contribution in [3.63, 3.8) is 0 Å². The van der Waals surface area contributed by atoms with Crippen molar-refractivity contribution in [1.82, 2.24) is 0 Å². The molecule has 0 aliphatic heterocycles. The molecule has 0 aromatic heterocycles. The Hall–Kier alpha value is 1.35. The smallest absolute Gasteiger partial charge is 0 e. The molecule has 0 amide bonds. The first-order valence-corrected chi connectivity index (χ1v) is 1.41. The summed E-state index contributed by atoms with van der Waals surface area (Å²) in [6, 6.07) is 0. The van der Waals surface area contributed by atoms with Crippen molar-refractivity contribution in [2.75, 3.05) is 0 Å². The van der Waals surface area contributed by atoms with E-state index in [0.29, 0.717) is 0 Å². The minimum atomic E-state index is 0. The molecule has 0 aromatic rings. The summed E-state index contributed by atoms with van der Waals surface area (Å²) in [4.78, 5) is 0. The zero-order valence-electron chi connectivity index (χ0n) is 4.12. The van der Waals surface area contributed by atoms with E-state index in [1.807, 2.05) is 0 Å². The maximum absolute atomic E-state index is 2.12. The van der Waals surface area contributed by atoms with Crippen LogP contribution in [0.3, 0.4) is 0 Å². The van der Waals surface area contributed by atoms with E-state index in [0.717, 1.165) is 0 Å². The van der Waals surface area contributed by atoms with Gasteiger partial charge in [0, 0.05) is 43.1 Å². The Labute approximate surface area is 63.1 Å². The van der Waals surface area contributed by atoms with E-state index in [4.69, 9.17) is 0 Å². The van der Waals surface area contributed by atoms with Gasteiger partial charge in [-0.2, -0.15) is 0 Å². The Morgan fingerprint density at radius 2 is 1.20 bits per heavy atom. The summed E-state index contributed by atoms with van der Waals surface area (Å²) in [6.07, 6.45) is 1.25. The molecule has 0 unspecified atom stereocenters. The van der Waals surface area contributed by atoms with E-state index in [9.17, 15) is 0 Å². The van der Waals surface area contributed by atoms with Crippen molar-refractivity contribution in [3.8, 4) is 0 Å². The van der Waals surface area contributed by atoms with Crippen LogP contribution in [-0.2, 0) is 0 Å². The Kier molecular flexibility index (Phi) is 59.4. The third kappa shape index (κ3) is 32.9. The van der Waals surface area contributed by atoms with Crippen molar-refractivity contribution in [1.29, 1.82) is 0 Å². The molecule has 2 heteroatoms. The topological polar surface area (TPSA) is 0 Å². The summed E-state index contributed by atoms with van der Waals surface area (Å²) in [5.41, 5.74) is 0. The quantitative estimate of drug-likeness (QED) is 0.405. The van der Waals surface area contributed by atoms with Gasteiger partial charge in [-0.05, 0) is 0 Å². The summed E-state index contributed by atoms with van der Waals surface area (Å²) in [7, 11) is 0. The first-order chi connectivity index (χ1) is 1.41. The van der Waals surface area contributed by atoms with E-state index in [1.54, 1.807) is 0 Å². The fourth-order valence-electron chi connectivity index (χ4n) is 0. The van der Waals surface area contributed by atoms with Crippen LogP contribution < -0.4 is 0 Å². The normalized spacial score (nSPS) is 3.60. The molecule has 0 nitrogen and oxygen atoms in total. The van der Waals surface area contributed by atoms with Gasteiger partial charge in [-0.25, -0.2) is 0 Å². The zero-order valence-corrected chi connectivity index (χ0v) is 6.93. The van der Waals surface area contributed by atoms with Crippen LogP contribution in [0.25, 0.3) is 0 Å². The van der Waals surface area contributed by atoms with Gasteiger partial charge in [0.15, 0.2) is 0 Å². The summed E-state index contributed by atoms with van der Waals surface area (Å²) in [5.74, 6) is 0. The van der Waals surface area contributed by atoms with Crippen molar-refractivity contribution in [2.45, 2.75) is 20.3 Å². The molecule has 3 radical (unpaired) electrons. The molecule has 0 saturated carbocycles. The zero-order chi connectivity index (χ0) is 2.71. The molecule has 0 N–H and O–H groups in total. The largest absolute Gasteiger partial charge is 0.0656 e. The molecular weight excluding hydrogens is 91.1 g/mol. The van der Waals surface area contributed by atoms with Crippen LogP contribution in [0.5, 0.6) is 0 Å². The third-order valence-electron chi connectivity index (χ3n) is 0. The van der Waals surface area contributed by atoms with Gasteiger partial charge in [-0.1, -0.05) is 20.3 Å². The first kappa shape index (κ1) is 16.2. The monoisotopic (exact) mass is 99.0 g/mol. The predicted octanol–water partition coefficient (Wildman–Crippen LogP) is 1.68. The number of hydrogen-bond acceptors (Lipinski definition) is 0. The van der Waals surface area contributed by atoms with Gasteiger partial charge >= 0.3 is 0 Å². The Morgan fingerprint density at radius 1 is 1.20 bits per heavy atom. The fourth-order valence-corrected chi connectivity index (χ4v) is 0. The van der Waals surface area contributed by atoms with Crippen LogP contribution in [0.2, 0.25) is 0 Å². The van der Waals surface area contributed by atoms with Crippen LogP contribution in [0.4, 0.5) is 0 Å². The van der Waals surface area contributed by atoms with Crippen LogP contribution in [0.1, 0.15) is 20.3 Å². The van der Waals surface area contributed by atoms with E-state index in [2.05, 4.69) is 13.8 Å². The fraction of sp³-hybridized carbons (Fsp3) is 1.00. The predicted molar refractivity (Wildman–Crippen MR) is 29.3 cm³/mol. The molecule has 5 heavy (non-hydrogen) atoms. The Bertz CT molecular complexity index is 6.85. The molecule has 0 atom stereocenters. The second-order valence-corrected chi connectivity index (χ2v) is 0.707. The molecule has 27 valence electrons. The summed E-state index contributed by atoms with van der Waals surface area (Å²) in [5, 5.41) is 0. The van der Waals surface area contributed by atoms with Gasteiger partial charge in [0.1, 0.15) is 0 Å². The molecule has 0 bridgehead atoms. The maximum atomic E-state index is 2.12. The standard InChI is InChI=1S/C3H8.Na.S/c1-3-2;;/h3H2,1-2H3;;. The van der Waals surface area contributed by atoms with Gasteiger partial charge in [-0.3, -0.25) is 0 Å². The summed E-state index contributed by atoms with van der Waals surface area (Å²) >= 11 is 0. The second-order valence-electron chi connectivity index (χ2n) is 0.707. The maximum Gasteiger partial charge on any atom is 0 e. The Balaban J connectivity index is -0.0000000200. The van der Waals surface area contributed by atoms with Crippen molar-refractivity contribution < 1.29 is 0 Å². The van der Waals surface area contributed by atoms with Crippen LogP contribution in [0, 0.1) is 0 Å². The van der Waals surface area contributed by atoms with Gasteiger partial charge in [0.25, 0.3) is 0 Å². The number of hydrogen-bond donors (Lipinski definition) is 0. The van der Waals surface area contributed by atoms with Gasteiger partial charge < -0.3 is 0 Å². The van der Waals surface area contributed by atoms with Gasteiger partial charge in [0.05, 0.1) is 0 Å². The van der Waals surface area contributed by atoms with E-state index in [1.165, 1.54) is 6.42 Å². The van der Waals surface area contributed by atoms with Crippen LogP contribution in [-0.4, -0.2) is 29.6 Å². The van der Waals surface area contributed by atoms with Crippen LogP contribution in [0.15, 0.2) is 0 Å². The molecule has 0 saturated heterocycles. The molecule has 0 fully saturated rings. The second kappa shape index (κ2) is 18.3. The third-order valence-corrected chi connectivity index (χ3v) is 0. The van der Waals surface area contributed by atoms with E-state index in [-0.39, 0.29) is 43.1 Å². The average molecular weight is 99.2 g/mol. The summed E-state index contributed by atoms with van der Waals surface area (Å²) in [6.45, 7) is 4.25.